The van der Waals surface area contributed by atoms with Crippen LogP contribution < -0.4 is 10.0 Å². The number of aromatic nitrogens is 2. The van der Waals surface area contributed by atoms with Gasteiger partial charge in [0.05, 0.1) is 11.0 Å². The predicted molar refractivity (Wildman–Crippen MR) is 84.9 cm³/mol. The van der Waals surface area contributed by atoms with Gasteiger partial charge in [0.2, 0.25) is 10.0 Å². The van der Waals surface area contributed by atoms with E-state index >= 15 is 0 Å². The maximum Gasteiger partial charge on any atom is 0.241 e. The molecule has 2 aliphatic rings. The number of rotatable bonds is 3. The van der Waals surface area contributed by atoms with E-state index in [-0.39, 0.29) is 6.10 Å². The summed E-state index contributed by atoms with van der Waals surface area (Å²) in [6.45, 7) is 0.342. The molecule has 0 radical (unpaired) electrons. The molecule has 4 rings (SSSR count). The van der Waals surface area contributed by atoms with Gasteiger partial charge in [0.15, 0.2) is 5.82 Å². The van der Waals surface area contributed by atoms with Crippen LogP contribution in [0.3, 0.4) is 0 Å². The molecule has 2 atom stereocenters. The Morgan fingerprint density at radius 3 is 2.91 bits per heavy atom. The van der Waals surface area contributed by atoms with Gasteiger partial charge in [0.25, 0.3) is 0 Å². The van der Waals surface area contributed by atoms with Gasteiger partial charge in [-0.1, -0.05) is 6.07 Å². The van der Waals surface area contributed by atoms with Crippen LogP contribution in [0.25, 0.3) is 0 Å². The van der Waals surface area contributed by atoms with Crippen molar-refractivity contribution in [1.29, 1.82) is 0 Å². The molecule has 7 nitrogen and oxygen atoms in total. The lowest BCUT2D eigenvalue weighted by molar-refractivity contribution is 0.181. The number of H-pyrrole nitrogens is 1. The Bertz CT molecular complexity index is 846. The van der Waals surface area contributed by atoms with E-state index in [0.717, 1.165) is 30.5 Å². The number of anilines is 2. The minimum Gasteiger partial charge on any atom is -0.393 e. The minimum absolute atomic E-state index is 0.228. The number of hydrogen-bond acceptors (Lipinski definition) is 5. The standard InChI is InChI=1S/C15H18N4O3S/c20-12-4-2-9(5-12)13-7-15(19-18-13)17-11-3-1-10-8-16-23(21,22)14(10)6-11/h1,3,6-7,9,12,16,20H,2,4-5,8H2,(H2,17,18,19)/t9-,12+/m0/s1. The number of nitrogens with one attached hydrogen (secondary N) is 3. The quantitative estimate of drug-likeness (QED) is 0.682. The van der Waals surface area contributed by atoms with Crippen LogP contribution >= 0.6 is 0 Å². The Balaban J connectivity index is 1.54. The monoisotopic (exact) mass is 334 g/mol. The highest BCUT2D eigenvalue weighted by Crippen LogP contribution is 2.34. The lowest BCUT2D eigenvalue weighted by Crippen LogP contribution is -2.13. The molecule has 1 aromatic heterocycles. The Labute approximate surface area is 134 Å². The molecule has 0 saturated heterocycles. The summed E-state index contributed by atoms with van der Waals surface area (Å²) in [5, 5.41) is 20.0. The van der Waals surface area contributed by atoms with Crippen molar-refractivity contribution in [2.24, 2.45) is 0 Å². The summed E-state index contributed by atoms with van der Waals surface area (Å²) < 4.78 is 26.3. The molecule has 0 bridgehead atoms. The summed E-state index contributed by atoms with van der Waals surface area (Å²) in [5.41, 5.74) is 2.46. The van der Waals surface area contributed by atoms with E-state index in [1.165, 1.54) is 0 Å². The van der Waals surface area contributed by atoms with Crippen LogP contribution in [0.5, 0.6) is 0 Å². The van der Waals surface area contributed by atoms with Crippen molar-refractivity contribution in [2.75, 3.05) is 5.32 Å². The van der Waals surface area contributed by atoms with Gasteiger partial charge in [-0.3, -0.25) is 5.10 Å². The second-order valence-electron chi connectivity index (χ2n) is 6.14. The lowest BCUT2D eigenvalue weighted by Gasteiger charge is -2.05. The third kappa shape index (κ3) is 2.73. The van der Waals surface area contributed by atoms with E-state index in [4.69, 9.17) is 0 Å². The molecule has 1 aliphatic heterocycles. The van der Waals surface area contributed by atoms with Crippen LogP contribution in [0, 0.1) is 0 Å². The van der Waals surface area contributed by atoms with Crippen LogP contribution in [0.1, 0.15) is 36.4 Å². The number of aromatic amines is 1. The largest absolute Gasteiger partial charge is 0.393 e. The van der Waals surface area contributed by atoms with Crippen LogP contribution in [0.2, 0.25) is 0 Å². The molecule has 4 N–H and O–H groups in total. The van der Waals surface area contributed by atoms with Crippen molar-refractivity contribution in [3.05, 3.63) is 35.5 Å². The number of aliphatic hydroxyl groups is 1. The molecule has 1 aliphatic carbocycles. The molecular weight excluding hydrogens is 316 g/mol. The zero-order chi connectivity index (χ0) is 16.0. The number of sulfonamides is 1. The molecule has 8 heteroatoms. The lowest BCUT2D eigenvalue weighted by atomic mass is 10.0. The predicted octanol–water partition coefficient (Wildman–Crippen LogP) is 1.57. The first-order valence-electron chi connectivity index (χ1n) is 7.64. The summed E-state index contributed by atoms with van der Waals surface area (Å²) >= 11 is 0. The molecule has 122 valence electrons. The van der Waals surface area contributed by atoms with Crippen molar-refractivity contribution in [1.82, 2.24) is 14.9 Å². The van der Waals surface area contributed by atoms with Gasteiger partial charge in [0.1, 0.15) is 0 Å². The molecule has 1 fully saturated rings. The molecular formula is C15H18N4O3S. The summed E-state index contributed by atoms with van der Waals surface area (Å²) in [6.07, 6.45) is 2.30. The molecule has 1 aromatic carbocycles. The summed E-state index contributed by atoms with van der Waals surface area (Å²) in [4.78, 5) is 0.317. The fourth-order valence-electron chi connectivity index (χ4n) is 3.28. The molecule has 0 spiro atoms. The van der Waals surface area contributed by atoms with Gasteiger partial charge >= 0.3 is 0 Å². The van der Waals surface area contributed by atoms with Crippen LogP contribution in [0.15, 0.2) is 29.2 Å². The highest BCUT2D eigenvalue weighted by atomic mass is 32.2. The zero-order valence-corrected chi connectivity index (χ0v) is 13.2. The number of benzene rings is 1. The average Bonchev–Trinajstić information content (AvgIpc) is 3.20. The van der Waals surface area contributed by atoms with Gasteiger partial charge < -0.3 is 10.4 Å². The van der Waals surface area contributed by atoms with Gasteiger partial charge in [-0.25, -0.2) is 13.1 Å². The van der Waals surface area contributed by atoms with E-state index in [9.17, 15) is 13.5 Å². The van der Waals surface area contributed by atoms with E-state index in [2.05, 4.69) is 20.2 Å². The topological polar surface area (TPSA) is 107 Å². The molecule has 2 heterocycles. The zero-order valence-electron chi connectivity index (χ0n) is 12.4. The minimum atomic E-state index is -3.38. The Kier molecular flexibility index (Phi) is 3.40. The third-order valence-electron chi connectivity index (χ3n) is 4.52. The first kappa shape index (κ1) is 14.7. The second-order valence-corrected chi connectivity index (χ2v) is 7.88. The molecule has 1 saturated carbocycles. The fraction of sp³-hybridized carbons (Fsp3) is 0.400. The maximum absolute atomic E-state index is 11.9. The summed E-state index contributed by atoms with van der Waals surface area (Å²) in [5.74, 6) is 0.947. The number of fused-ring (bicyclic) bond motifs is 1. The first-order valence-corrected chi connectivity index (χ1v) is 9.12. The van der Waals surface area contributed by atoms with Crippen molar-refractivity contribution < 1.29 is 13.5 Å². The van der Waals surface area contributed by atoms with E-state index in [1.807, 2.05) is 12.1 Å². The van der Waals surface area contributed by atoms with Crippen LogP contribution in [-0.2, 0) is 16.6 Å². The van der Waals surface area contributed by atoms with Gasteiger partial charge in [-0.15, -0.1) is 0 Å². The fourth-order valence-corrected chi connectivity index (χ4v) is 4.55. The summed E-state index contributed by atoms with van der Waals surface area (Å²) in [6, 6.07) is 7.19. The molecule has 0 unspecified atom stereocenters. The van der Waals surface area contributed by atoms with E-state index < -0.39 is 10.0 Å². The van der Waals surface area contributed by atoms with Crippen molar-refractivity contribution in [3.8, 4) is 0 Å². The molecule has 23 heavy (non-hydrogen) atoms. The third-order valence-corrected chi connectivity index (χ3v) is 6.01. The van der Waals surface area contributed by atoms with Crippen molar-refractivity contribution >= 4 is 21.5 Å². The van der Waals surface area contributed by atoms with Crippen LogP contribution in [0.4, 0.5) is 11.5 Å². The van der Waals surface area contributed by atoms with Crippen molar-refractivity contribution in [2.45, 2.75) is 42.7 Å². The SMILES string of the molecule is O=S1(=O)NCc2ccc(Nc3cc([C@H]4CC[C@@H](O)C4)[nH]n3)cc21. The second kappa shape index (κ2) is 5.33. The maximum atomic E-state index is 11.9. The highest BCUT2D eigenvalue weighted by Gasteiger charge is 2.27. The Morgan fingerprint density at radius 2 is 2.13 bits per heavy atom. The number of aliphatic hydroxyl groups excluding tert-OH is 1. The highest BCUT2D eigenvalue weighted by molar-refractivity contribution is 7.89. The summed E-state index contributed by atoms with van der Waals surface area (Å²) in [7, 11) is -3.38. The van der Waals surface area contributed by atoms with E-state index in [1.54, 1.807) is 12.1 Å². The van der Waals surface area contributed by atoms with Gasteiger partial charge in [-0.2, -0.15) is 5.10 Å². The Morgan fingerprint density at radius 1 is 1.26 bits per heavy atom. The Hall–Kier alpha value is -1.90. The van der Waals surface area contributed by atoms with E-state index in [0.29, 0.717) is 28.9 Å². The average molecular weight is 334 g/mol. The van der Waals surface area contributed by atoms with Gasteiger partial charge in [-0.05, 0) is 37.0 Å². The molecule has 0 amide bonds. The number of hydrogen-bond donors (Lipinski definition) is 4. The normalized spacial score (nSPS) is 25.4. The molecule has 2 aromatic rings. The van der Waals surface area contributed by atoms with Crippen molar-refractivity contribution in [3.63, 3.8) is 0 Å². The van der Waals surface area contributed by atoms with Crippen LogP contribution in [-0.4, -0.2) is 29.8 Å². The van der Waals surface area contributed by atoms with Gasteiger partial charge in [0, 0.05) is 29.9 Å². The first-order chi connectivity index (χ1) is 11.0. The number of nitrogens with zero attached hydrogens (tertiary/aromatic N) is 1. The smallest absolute Gasteiger partial charge is 0.241 e.